The van der Waals surface area contributed by atoms with Crippen LogP contribution in [-0.4, -0.2) is 44.8 Å². The van der Waals surface area contributed by atoms with E-state index in [9.17, 15) is 18.0 Å². The van der Waals surface area contributed by atoms with Crippen molar-refractivity contribution in [2.75, 3.05) is 25.5 Å². The maximum absolute atomic E-state index is 12.2. The third kappa shape index (κ3) is 4.83. The molecular weight excluding hydrogens is 310 g/mol. The minimum atomic E-state index is -3.87. The van der Waals surface area contributed by atoms with E-state index in [1.165, 1.54) is 38.2 Å². The summed E-state index contributed by atoms with van der Waals surface area (Å²) in [6, 6.07) is 7.13. The zero-order chi connectivity index (χ0) is 16.8. The van der Waals surface area contributed by atoms with Crippen molar-refractivity contribution in [3.8, 4) is 6.07 Å². The van der Waals surface area contributed by atoms with Crippen LogP contribution >= 0.6 is 0 Å². The minimum Gasteiger partial charge on any atom is -0.449 e. The summed E-state index contributed by atoms with van der Waals surface area (Å²) in [5.74, 6) is -1.09. The number of benzene rings is 1. The van der Waals surface area contributed by atoms with Gasteiger partial charge in [-0.15, -0.1) is 0 Å². The van der Waals surface area contributed by atoms with Gasteiger partial charge in [-0.2, -0.15) is 9.57 Å². The average molecular weight is 325 g/mol. The summed E-state index contributed by atoms with van der Waals surface area (Å²) >= 11 is 0. The van der Waals surface area contributed by atoms with E-state index in [0.29, 0.717) is 5.69 Å². The van der Waals surface area contributed by atoms with Crippen LogP contribution < -0.4 is 5.32 Å². The predicted octanol–water partition coefficient (Wildman–Crippen LogP) is 0.332. The van der Waals surface area contributed by atoms with Gasteiger partial charge in [0.1, 0.15) is 12.6 Å². The second-order valence-corrected chi connectivity index (χ2v) is 6.33. The molecule has 0 fully saturated rings. The molecule has 0 unspecified atom stereocenters. The number of nitrogens with zero attached hydrogens (tertiary/aromatic N) is 2. The van der Waals surface area contributed by atoms with E-state index in [1.807, 2.05) is 0 Å². The first-order valence-corrected chi connectivity index (χ1v) is 7.58. The van der Waals surface area contributed by atoms with Crippen LogP contribution in [0.2, 0.25) is 0 Å². The molecule has 1 aromatic carbocycles. The Bertz CT molecular complexity index is 691. The highest BCUT2D eigenvalue weighted by molar-refractivity contribution is 7.89. The number of ether oxygens (including phenoxy) is 1. The zero-order valence-electron chi connectivity index (χ0n) is 12.1. The quantitative estimate of drug-likeness (QED) is 0.753. The van der Waals surface area contributed by atoms with Crippen LogP contribution in [0, 0.1) is 11.3 Å². The largest absolute Gasteiger partial charge is 0.449 e. The van der Waals surface area contributed by atoms with Gasteiger partial charge in [0.05, 0.1) is 4.90 Å². The number of carbonyl (C=O) groups is 2. The molecule has 22 heavy (non-hydrogen) atoms. The molecule has 1 aromatic rings. The van der Waals surface area contributed by atoms with Crippen LogP contribution in [0.1, 0.15) is 6.92 Å². The first-order chi connectivity index (χ1) is 10.3. The summed E-state index contributed by atoms with van der Waals surface area (Å²) in [4.78, 5) is 22.2. The van der Waals surface area contributed by atoms with Gasteiger partial charge in [0.15, 0.2) is 6.61 Å². The maximum Gasteiger partial charge on any atom is 0.322 e. The van der Waals surface area contributed by atoms with Crippen molar-refractivity contribution >= 4 is 27.6 Å². The summed E-state index contributed by atoms with van der Waals surface area (Å²) in [7, 11) is -2.64. The fourth-order valence-corrected chi connectivity index (χ4v) is 2.63. The molecule has 0 saturated heterocycles. The molecule has 1 amide bonds. The van der Waals surface area contributed by atoms with E-state index in [1.54, 1.807) is 6.07 Å². The van der Waals surface area contributed by atoms with Crippen LogP contribution in [0.15, 0.2) is 29.2 Å². The molecule has 118 valence electrons. The van der Waals surface area contributed by atoms with Crippen LogP contribution in [0.25, 0.3) is 0 Å². The van der Waals surface area contributed by atoms with Crippen molar-refractivity contribution in [2.24, 2.45) is 0 Å². The Hall–Kier alpha value is -2.44. The van der Waals surface area contributed by atoms with Crippen LogP contribution in [0.5, 0.6) is 0 Å². The first-order valence-electron chi connectivity index (χ1n) is 6.14. The number of amides is 1. The van der Waals surface area contributed by atoms with Gasteiger partial charge in [0.2, 0.25) is 15.9 Å². The van der Waals surface area contributed by atoms with E-state index in [2.05, 4.69) is 10.1 Å². The second kappa shape index (κ2) is 7.53. The number of esters is 1. The highest BCUT2D eigenvalue weighted by Gasteiger charge is 2.23. The van der Waals surface area contributed by atoms with Gasteiger partial charge in [-0.25, -0.2) is 8.42 Å². The highest BCUT2D eigenvalue weighted by Crippen LogP contribution is 2.17. The molecular formula is C13H15N3O5S. The highest BCUT2D eigenvalue weighted by atomic mass is 32.2. The van der Waals surface area contributed by atoms with Gasteiger partial charge in [0, 0.05) is 19.7 Å². The summed E-state index contributed by atoms with van der Waals surface area (Å²) in [5, 5.41) is 10.8. The molecule has 0 heterocycles. The number of sulfonamides is 1. The van der Waals surface area contributed by atoms with Gasteiger partial charge in [-0.3, -0.25) is 9.59 Å². The molecule has 1 rings (SSSR count). The van der Waals surface area contributed by atoms with Gasteiger partial charge < -0.3 is 10.1 Å². The number of likely N-dealkylation sites (N-methyl/N-ethyl adjacent to an activating group) is 1. The van der Waals surface area contributed by atoms with Gasteiger partial charge in [-0.05, 0) is 24.3 Å². The molecule has 0 aliphatic rings. The molecule has 0 bridgehead atoms. The van der Waals surface area contributed by atoms with E-state index in [-0.39, 0.29) is 10.8 Å². The summed E-state index contributed by atoms with van der Waals surface area (Å²) in [5.41, 5.74) is 0.461. The average Bonchev–Trinajstić information content (AvgIpc) is 2.45. The molecule has 8 nitrogen and oxygen atoms in total. The van der Waals surface area contributed by atoms with E-state index in [4.69, 9.17) is 5.26 Å². The van der Waals surface area contributed by atoms with Crippen LogP contribution in [-0.2, 0) is 24.3 Å². The van der Waals surface area contributed by atoms with Crippen LogP contribution in [0.4, 0.5) is 5.69 Å². The molecule has 0 atom stereocenters. The Kier molecular flexibility index (Phi) is 6.03. The molecule has 0 spiro atoms. The fraction of sp³-hybridized carbons (Fsp3) is 0.308. The number of hydrogen-bond acceptors (Lipinski definition) is 6. The SMILES string of the molecule is CC(=O)Nc1ccc(S(=O)(=O)N(C)CC(=O)OCC#N)cc1. The Morgan fingerprint density at radius 2 is 1.91 bits per heavy atom. The number of anilines is 1. The van der Waals surface area contributed by atoms with Crippen molar-refractivity contribution in [3.63, 3.8) is 0 Å². The molecule has 0 saturated carbocycles. The Morgan fingerprint density at radius 3 is 2.41 bits per heavy atom. The zero-order valence-corrected chi connectivity index (χ0v) is 12.9. The Balaban J connectivity index is 2.82. The summed E-state index contributed by atoms with van der Waals surface area (Å²) < 4.78 is 29.8. The van der Waals surface area contributed by atoms with Crippen LogP contribution in [0.3, 0.4) is 0 Å². The molecule has 0 aromatic heterocycles. The molecule has 0 radical (unpaired) electrons. The fourth-order valence-electron chi connectivity index (χ4n) is 1.52. The van der Waals surface area contributed by atoms with Gasteiger partial charge >= 0.3 is 5.97 Å². The first kappa shape index (κ1) is 17.6. The number of nitriles is 1. The second-order valence-electron chi connectivity index (χ2n) is 4.29. The minimum absolute atomic E-state index is 0.0304. The predicted molar refractivity (Wildman–Crippen MR) is 77.1 cm³/mol. The third-order valence-electron chi connectivity index (χ3n) is 2.53. The smallest absolute Gasteiger partial charge is 0.322 e. The lowest BCUT2D eigenvalue weighted by Gasteiger charge is -2.16. The number of hydrogen-bond donors (Lipinski definition) is 1. The standard InChI is InChI=1S/C13H15N3O5S/c1-10(17)15-11-3-5-12(6-4-11)22(19,20)16(2)9-13(18)21-8-7-14/h3-6H,8-9H2,1-2H3,(H,15,17). The number of nitrogens with one attached hydrogen (secondary N) is 1. The molecule has 1 N–H and O–H groups in total. The third-order valence-corrected chi connectivity index (χ3v) is 4.35. The Morgan fingerprint density at radius 1 is 1.32 bits per heavy atom. The van der Waals surface area contributed by atoms with Crippen molar-refractivity contribution in [1.82, 2.24) is 4.31 Å². The lowest BCUT2D eigenvalue weighted by Crippen LogP contribution is -2.33. The number of rotatable bonds is 6. The number of carbonyl (C=O) groups excluding carboxylic acids is 2. The van der Waals surface area contributed by atoms with Crippen molar-refractivity contribution in [3.05, 3.63) is 24.3 Å². The van der Waals surface area contributed by atoms with Crippen molar-refractivity contribution in [1.29, 1.82) is 5.26 Å². The Labute approximate surface area is 128 Å². The lowest BCUT2D eigenvalue weighted by molar-refractivity contribution is -0.142. The lowest BCUT2D eigenvalue weighted by atomic mass is 10.3. The molecule has 9 heteroatoms. The molecule has 0 aliphatic heterocycles. The van der Waals surface area contributed by atoms with E-state index < -0.39 is 29.1 Å². The van der Waals surface area contributed by atoms with Gasteiger partial charge in [0.25, 0.3) is 0 Å². The van der Waals surface area contributed by atoms with Crippen molar-refractivity contribution < 1.29 is 22.7 Å². The van der Waals surface area contributed by atoms with E-state index in [0.717, 1.165) is 4.31 Å². The summed E-state index contributed by atoms with van der Waals surface area (Å²) in [6.07, 6.45) is 0. The van der Waals surface area contributed by atoms with Gasteiger partial charge in [-0.1, -0.05) is 0 Å². The van der Waals surface area contributed by atoms with Crippen molar-refractivity contribution in [2.45, 2.75) is 11.8 Å². The van der Waals surface area contributed by atoms with E-state index >= 15 is 0 Å². The maximum atomic E-state index is 12.2. The normalized spacial score (nSPS) is 10.8. The topological polar surface area (TPSA) is 117 Å². The molecule has 0 aliphatic carbocycles. The monoisotopic (exact) mass is 325 g/mol. The summed E-state index contributed by atoms with van der Waals surface area (Å²) in [6.45, 7) is 0.404.